The van der Waals surface area contributed by atoms with Crippen LogP contribution in [0.25, 0.3) is 0 Å². The predicted octanol–water partition coefficient (Wildman–Crippen LogP) is 3.28. The minimum absolute atomic E-state index is 0.423. The van der Waals surface area contributed by atoms with Gasteiger partial charge in [-0.15, -0.1) is 0 Å². The van der Waals surface area contributed by atoms with Gasteiger partial charge in [0.1, 0.15) is 11.1 Å². The number of hydrogen-bond donors (Lipinski definition) is 1. The van der Waals surface area contributed by atoms with Crippen molar-refractivity contribution in [3.8, 4) is 0 Å². The van der Waals surface area contributed by atoms with Crippen LogP contribution in [0.2, 0.25) is 0 Å². The molecule has 0 aromatic rings. The molecule has 0 unspecified atom stereocenters. The SMILES string of the molecule is CCCC(CCC)(C(=O)O)N(C)C(=O)OC(C)(C)C. The Bertz CT molecular complexity index is 314. The molecule has 0 aromatic heterocycles. The highest BCUT2D eigenvalue weighted by Gasteiger charge is 2.44. The van der Waals surface area contributed by atoms with Crippen molar-refractivity contribution in [3.63, 3.8) is 0 Å². The maximum absolute atomic E-state index is 12.1. The van der Waals surface area contributed by atoms with Gasteiger partial charge >= 0.3 is 12.1 Å². The van der Waals surface area contributed by atoms with Crippen LogP contribution in [-0.4, -0.2) is 40.3 Å². The van der Waals surface area contributed by atoms with E-state index in [1.807, 2.05) is 13.8 Å². The Kier molecular flexibility index (Phi) is 6.33. The van der Waals surface area contributed by atoms with Gasteiger partial charge in [-0.1, -0.05) is 26.7 Å². The monoisotopic (exact) mass is 273 g/mol. The number of carbonyl (C=O) groups excluding carboxylic acids is 1. The van der Waals surface area contributed by atoms with Gasteiger partial charge in [0.25, 0.3) is 0 Å². The second-order valence-electron chi connectivity index (χ2n) is 5.88. The number of carboxylic acids is 1. The molecule has 0 saturated carbocycles. The topological polar surface area (TPSA) is 66.8 Å². The Morgan fingerprint density at radius 2 is 1.53 bits per heavy atom. The number of hydrogen-bond acceptors (Lipinski definition) is 3. The molecule has 0 aliphatic carbocycles. The van der Waals surface area contributed by atoms with E-state index in [0.717, 1.165) is 0 Å². The summed E-state index contributed by atoms with van der Waals surface area (Å²) in [5, 5.41) is 9.55. The zero-order chi connectivity index (χ0) is 15.3. The third-order valence-corrected chi connectivity index (χ3v) is 3.03. The minimum atomic E-state index is -1.17. The number of aliphatic carboxylic acids is 1. The average Bonchev–Trinajstić information content (AvgIpc) is 2.24. The van der Waals surface area contributed by atoms with Crippen molar-refractivity contribution in [1.29, 1.82) is 0 Å². The lowest BCUT2D eigenvalue weighted by Crippen LogP contribution is -2.56. The zero-order valence-corrected chi connectivity index (χ0v) is 12.9. The summed E-state index contributed by atoms with van der Waals surface area (Å²) < 4.78 is 5.27. The maximum atomic E-state index is 12.1. The Balaban J connectivity index is 5.24. The number of rotatable bonds is 6. The van der Waals surface area contributed by atoms with Crippen LogP contribution < -0.4 is 0 Å². The number of amides is 1. The summed E-state index contributed by atoms with van der Waals surface area (Å²) in [7, 11) is 1.51. The summed E-state index contributed by atoms with van der Waals surface area (Å²) >= 11 is 0. The lowest BCUT2D eigenvalue weighted by Gasteiger charge is -2.38. The van der Waals surface area contributed by atoms with Gasteiger partial charge in [0, 0.05) is 7.05 Å². The van der Waals surface area contributed by atoms with E-state index >= 15 is 0 Å². The number of likely N-dealkylation sites (N-methyl/N-ethyl adjacent to an activating group) is 1. The summed E-state index contributed by atoms with van der Waals surface area (Å²) in [6.07, 6.45) is 1.65. The van der Waals surface area contributed by atoms with Gasteiger partial charge in [-0.25, -0.2) is 9.59 Å². The molecule has 5 nitrogen and oxygen atoms in total. The highest BCUT2D eigenvalue weighted by atomic mass is 16.6. The lowest BCUT2D eigenvalue weighted by molar-refractivity contribution is -0.151. The van der Waals surface area contributed by atoms with Crippen molar-refractivity contribution >= 4 is 12.1 Å². The quantitative estimate of drug-likeness (QED) is 0.806. The second-order valence-corrected chi connectivity index (χ2v) is 5.88. The van der Waals surface area contributed by atoms with Crippen LogP contribution in [0.4, 0.5) is 4.79 Å². The Morgan fingerprint density at radius 3 is 1.79 bits per heavy atom. The lowest BCUT2D eigenvalue weighted by atomic mass is 9.87. The van der Waals surface area contributed by atoms with Crippen molar-refractivity contribution in [1.82, 2.24) is 4.90 Å². The van der Waals surface area contributed by atoms with Gasteiger partial charge in [-0.3, -0.25) is 4.90 Å². The molecule has 5 heteroatoms. The van der Waals surface area contributed by atoms with E-state index in [-0.39, 0.29) is 0 Å². The van der Waals surface area contributed by atoms with E-state index in [2.05, 4.69) is 0 Å². The van der Waals surface area contributed by atoms with E-state index < -0.39 is 23.2 Å². The number of carboxylic acid groups (broad SMARTS) is 1. The van der Waals surface area contributed by atoms with Crippen molar-refractivity contribution < 1.29 is 19.4 Å². The smallest absolute Gasteiger partial charge is 0.410 e. The minimum Gasteiger partial charge on any atom is -0.479 e. The van der Waals surface area contributed by atoms with Crippen LogP contribution in [0.1, 0.15) is 60.3 Å². The summed E-state index contributed by atoms with van der Waals surface area (Å²) in [6, 6.07) is 0. The van der Waals surface area contributed by atoms with E-state index in [1.165, 1.54) is 11.9 Å². The highest BCUT2D eigenvalue weighted by molar-refractivity contribution is 5.84. The molecule has 0 aliphatic rings. The van der Waals surface area contributed by atoms with Crippen molar-refractivity contribution in [2.24, 2.45) is 0 Å². The maximum Gasteiger partial charge on any atom is 0.410 e. The number of carbonyl (C=O) groups is 2. The average molecular weight is 273 g/mol. The summed E-state index contributed by atoms with van der Waals surface area (Å²) in [6.45, 7) is 9.12. The van der Waals surface area contributed by atoms with Crippen LogP contribution >= 0.6 is 0 Å². The van der Waals surface area contributed by atoms with Crippen LogP contribution in [-0.2, 0) is 9.53 Å². The second kappa shape index (κ2) is 6.78. The van der Waals surface area contributed by atoms with Gasteiger partial charge in [0.05, 0.1) is 0 Å². The molecular formula is C14H27NO4. The molecule has 0 fully saturated rings. The first kappa shape index (κ1) is 17.7. The molecule has 112 valence electrons. The van der Waals surface area contributed by atoms with E-state index in [1.54, 1.807) is 20.8 Å². The van der Waals surface area contributed by atoms with Gasteiger partial charge in [0.15, 0.2) is 0 Å². The Hall–Kier alpha value is -1.26. The fourth-order valence-electron chi connectivity index (χ4n) is 2.15. The van der Waals surface area contributed by atoms with Gasteiger partial charge in [0.2, 0.25) is 0 Å². The highest BCUT2D eigenvalue weighted by Crippen LogP contribution is 2.28. The van der Waals surface area contributed by atoms with Crippen molar-refractivity contribution in [2.75, 3.05) is 7.05 Å². The number of nitrogens with zero attached hydrogens (tertiary/aromatic N) is 1. The first-order valence-corrected chi connectivity index (χ1v) is 6.81. The fourth-order valence-corrected chi connectivity index (χ4v) is 2.15. The third kappa shape index (κ3) is 4.73. The van der Waals surface area contributed by atoms with Gasteiger partial charge in [-0.05, 0) is 33.6 Å². The summed E-state index contributed by atoms with van der Waals surface area (Å²) in [4.78, 5) is 25.0. The molecule has 0 radical (unpaired) electrons. The van der Waals surface area contributed by atoms with Crippen LogP contribution in [0, 0.1) is 0 Å². The summed E-state index contributed by atoms with van der Waals surface area (Å²) in [5.41, 5.74) is -1.81. The van der Waals surface area contributed by atoms with Crippen LogP contribution in [0.15, 0.2) is 0 Å². The molecule has 19 heavy (non-hydrogen) atoms. The first-order chi connectivity index (χ1) is 8.60. The predicted molar refractivity (Wildman–Crippen MR) is 74.2 cm³/mol. The number of ether oxygens (including phenoxy) is 1. The Morgan fingerprint density at radius 1 is 1.11 bits per heavy atom. The van der Waals surface area contributed by atoms with E-state index in [4.69, 9.17) is 4.74 Å². The molecule has 1 N–H and O–H groups in total. The van der Waals surface area contributed by atoms with E-state index in [9.17, 15) is 14.7 Å². The molecular weight excluding hydrogens is 246 g/mol. The van der Waals surface area contributed by atoms with Crippen molar-refractivity contribution in [2.45, 2.75) is 71.4 Å². The third-order valence-electron chi connectivity index (χ3n) is 3.03. The first-order valence-electron chi connectivity index (χ1n) is 6.81. The molecule has 0 aromatic carbocycles. The molecule has 1 amide bonds. The fraction of sp³-hybridized carbons (Fsp3) is 0.857. The van der Waals surface area contributed by atoms with Crippen LogP contribution in [0.5, 0.6) is 0 Å². The molecule has 0 spiro atoms. The van der Waals surface area contributed by atoms with Crippen LogP contribution in [0.3, 0.4) is 0 Å². The van der Waals surface area contributed by atoms with Crippen molar-refractivity contribution in [3.05, 3.63) is 0 Å². The molecule has 0 bridgehead atoms. The largest absolute Gasteiger partial charge is 0.479 e. The van der Waals surface area contributed by atoms with E-state index in [0.29, 0.717) is 25.7 Å². The molecule has 0 aliphatic heterocycles. The zero-order valence-electron chi connectivity index (χ0n) is 12.9. The van der Waals surface area contributed by atoms with Gasteiger partial charge in [-0.2, -0.15) is 0 Å². The molecule has 0 atom stereocenters. The normalized spacial score (nSPS) is 12.1. The Labute approximate surface area is 115 Å². The standard InChI is InChI=1S/C14H27NO4/c1-7-9-14(10-8-2,11(16)17)15(6)12(18)19-13(3,4)5/h7-10H2,1-6H3,(H,16,17). The summed E-state index contributed by atoms with van der Waals surface area (Å²) in [5.74, 6) is -0.968. The molecule has 0 heterocycles. The van der Waals surface area contributed by atoms with Gasteiger partial charge < -0.3 is 9.84 Å². The molecule has 0 saturated heterocycles. The molecule has 0 rings (SSSR count).